The van der Waals surface area contributed by atoms with Gasteiger partial charge >= 0.3 is 0 Å². The molecule has 3 aromatic rings. The van der Waals surface area contributed by atoms with Crippen LogP contribution in [0, 0.1) is 5.92 Å². The maximum absolute atomic E-state index is 2.44. The zero-order valence-corrected chi connectivity index (χ0v) is 13.4. The zero-order chi connectivity index (χ0) is 15.9. The van der Waals surface area contributed by atoms with Crippen LogP contribution >= 0.6 is 0 Å². The van der Waals surface area contributed by atoms with Gasteiger partial charge < -0.3 is 0 Å². The maximum Gasteiger partial charge on any atom is 0.0131 e. The van der Waals surface area contributed by atoms with Crippen molar-refractivity contribution in [3.63, 3.8) is 0 Å². The quantitative estimate of drug-likeness (QED) is 0.628. The molecule has 0 radical (unpaired) electrons. The van der Waals surface area contributed by atoms with Gasteiger partial charge in [-0.3, -0.25) is 0 Å². The van der Waals surface area contributed by atoms with E-state index in [2.05, 4.69) is 97.1 Å². The molecule has 0 amide bonds. The molecular formula is C24H18. The molecule has 0 aromatic heterocycles. The van der Waals surface area contributed by atoms with Crippen LogP contribution in [-0.2, 0) is 0 Å². The molecule has 2 aliphatic carbocycles. The lowest BCUT2D eigenvalue weighted by molar-refractivity contribution is 0.743. The molecule has 0 saturated heterocycles. The van der Waals surface area contributed by atoms with Gasteiger partial charge in [-0.15, -0.1) is 0 Å². The van der Waals surface area contributed by atoms with Gasteiger partial charge in [0.2, 0.25) is 0 Å². The highest BCUT2D eigenvalue weighted by Gasteiger charge is 2.26. The Balaban J connectivity index is 1.74. The molecule has 0 bridgehead atoms. The van der Waals surface area contributed by atoms with E-state index < -0.39 is 0 Å². The van der Waals surface area contributed by atoms with Crippen molar-refractivity contribution in [3.05, 3.63) is 107 Å². The van der Waals surface area contributed by atoms with Gasteiger partial charge in [-0.25, -0.2) is 0 Å². The van der Waals surface area contributed by atoms with Crippen LogP contribution in [-0.4, -0.2) is 0 Å². The topological polar surface area (TPSA) is 0 Å². The Bertz CT molecular complexity index is 1110. The minimum atomic E-state index is 0.390. The first-order valence-corrected chi connectivity index (χ1v) is 8.55. The molecule has 0 nitrogen and oxygen atoms in total. The molecule has 0 N–H and O–H groups in total. The van der Waals surface area contributed by atoms with Crippen LogP contribution in [0.1, 0.15) is 11.5 Å². The molecule has 5 rings (SSSR count). The molecule has 0 heteroatoms. The number of hydrogen-bond donors (Lipinski definition) is 0. The third kappa shape index (κ3) is 2.07. The van der Waals surface area contributed by atoms with E-state index in [0.29, 0.717) is 11.8 Å². The lowest BCUT2D eigenvalue weighted by atomic mass is 9.75. The molecule has 0 fully saturated rings. The van der Waals surface area contributed by atoms with Gasteiger partial charge in [0.1, 0.15) is 0 Å². The lowest BCUT2D eigenvalue weighted by Crippen LogP contribution is -2.35. The van der Waals surface area contributed by atoms with Crippen molar-refractivity contribution < 1.29 is 0 Å². The Labute approximate surface area is 141 Å². The molecule has 114 valence electrons. The van der Waals surface area contributed by atoms with Crippen molar-refractivity contribution in [1.82, 2.24) is 0 Å². The smallest absolute Gasteiger partial charge is 0.0131 e. The van der Waals surface area contributed by atoms with Crippen molar-refractivity contribution in [3.8, 4) is 0 Å². The highest BCUT2D eigenvalue weighted by atomic mass is 14.3. The standard InChI is InChI=1S/C24H18/c1-2-8-18-15-20(14-13-17(18)7-1)24-16-19-9-3-4-10-21(19)22-11-5-6-12-23(22)24/h1-16,23-24H. The number of rotatable bonds is 1. The third-order valence-corrected chi connectivity index (χ3v) is 5.24. The van der Waals surface area contributed by atoms with E-state index in [0.717, 1.165) is 0 Å². The highest BCUT2D eigenvalue weighted by molar-refractivity contribution is 5.84. The van der Waals surface area contributed by atoms with Gasteiger partial charge in [0, 0.05) is 11.8 Å². The summed E-state index contributed by atoms with van der Waals surface area (Å²) in [5, 5.41) is 5.35. The summed E-state index contributed by atoms with van der Waals surface area (Å²) < 4.78 is 0. The van der Waals surface area contributed by atoms with Crippen LogP contribution in [0.25, 0.3) is 22.4 Å². The fourth-order valence-corrected chi connectivity index (χ4v) is 4.06. The fourth-order valence-electron chi connectivity index (χ4n) is 4.06. The second kappa shape index (κ2) is 5.35. The lowest BCUT2D eigenvalue weighted by Gasteiger charge is -2.29. The summed E-state index contributed by atoms with van der Waals surface area (Å²) in [6, 6.07) is 24.3. The molecule has 2 atom stereocenters. The van der Waals surface area contributed by atoms with Gasteiger partial charge in [0.15, 0.2) is 0 Å². The van der Waals surface area contributed by atoms with E-state index in [-0.39, 0.29) is 0 Å². The fraction of sp³-hybridized carbons (Fsp3) is 0.0833. The Hall–Kier alpha value is -2.86. The van der Waals surface area contributed by atoms with Crippen molar-refractivity contribution in [2.75, 3.05) is 0 Å². The van der Waals surface area contributed by atoms with E-state index >= 15 is 0 Å². The van der Waals surface area contributed by atoms with Crippen LogP contribution in [0.15, 0.2) is 91.0 Å². The first-order chi connectivity index (χ1) is 11.9. The Kier molecular flexibility index (Phi) is 3.02. The summed E-state index contributed by atoms with van der Waals surface area (Å²) >= 11 is 0. The molecule has 0 heterocycles. The summed E-state index contributed by atoms with van der Waals surface area (Å²) in [4.78, 5) is 0. The Morgan fingerprint density at radius 1 is 0.667 bits per heavy atom. The zero-order valence-electron chi connectivity index (χ0n) is 13.4. The van der Waals surface area contributed by atoms with E-state index in [4.69, 9.17) is 0 Å². The average molecular weight is 306 g/mol. The minimum Gasteiger partial charge on any atom is -0.0761 e. The largest absolute Gasteiger partial charge is 0.0761 e. The van der Waals surface area contributed by atoms with Crippen molar-refractivity contribution in [2.24, 2.45) is 5.92 Å². The third-order valence-electron chi connectivity index (χ3n) is 5.24. The summed E-state index contributed by atoms with van der Waals surface area (Å²) in [6.07, 6.45) is 11.4. The van der Waals surface area contributed by atoms with Gasteiger partial charge in [0.25, 0.3) is 0 Å². The van der Waals surface area contributed by atoms with Crippen LogP contribution in [0.3, 0.4) is 0 Å². The van der Waals surface area contributed by atoms with Crippen LogP contribution in [0.5, 0.6) is 0 Å². The predicted molar refractivity (Wildman–Crippen MR) is 102 cm³/mol. The summed E-state index contributed by atoms with van der Waals surface area (Å²) in [6.45, 7) is 0. The monoisotopic (exact) mass is 306 g/mol. The molecule has 0 saturated carbocycles. The van der Waals surface area contributed by atoms with Gasteiger partial charge in [-0.2, -0.15) is 0 Å². The second-order valence-electron chi connectivity index (χ2n) is 6.61. The first-order valence-electron chi connectivity index (χ1n) is 8.55. The normalized spacial score (nSPS) is 21.2. The van der Waals surface area contributed by atoms with Gasteiger partial charge in [-0.05, 0) is 32.3 Å². The molecule has 3 aromatic carbocycles. The number of hydrogen-bond acceptors (Lipinski definition) is 0. The molecule has 2 aliphatic rings. The number of allylic oxidation sites excluding steroid dienone is 4. The van der Waals surface area contributed by atoms with Gasteiger partial charge in [-0.1, -0.05) is 97.1 Å². The van der Waals surface area contributed by atoms with Crippen molar-refractivity contribution in [2.45, 2.75) is 5.92 Å². The van der Waals surface area contributed by atoms with Crippen LogP contribution in [0.4, 0.5) is 0 Å². The second-order valence-corrected chi connectivity index (χ2v) is 6.61. The van der Waals surface area contributed by atoms with Crippen molar-refractivity contribution in [1.29, 1.82) is 0 Å². The first kappa shape index (κ1) is 13.6. The van der Waals surface area contributed by atoms with Gasteiger partial charge in [0.05, 0.1) is 0 Å². The summed E-state index contributed by atoms with van der Waals surface area (Å²) in [5.74, 6) is 0.812. The van der Waals surface area contributed by atoms with Crippen LogP contribution < -0.4 is 10.4 Å². The van der Waals surface area contributed by atoms with E-state index in [1.807, 2.05) is 0 Å². The maximum atomic E-state index is 2.44. The molecule has 0 spiro atoms. The summed E-state index contributed by atoms with van der Waals surface area (Å²) in [7, 11) is 0. The van der Waals surface area contributed by atoms with Crippen molar-refractivity contribution >= 4 is 22.4 Å². The Morgan fingerprint density at radius 2 is 1.50 bits per heavy atom. The van der Waals surface area contributed by atoms with E-state index in [9.17, 15) is 0 Å². The minimum absolute atomic E-state index is 0.390. The Morgan fingerprint density at radius 3 is 2.46 bits per heavy atom. The van der Waals surface area contributed by atoms with E-state index in [1.54, 1.807) is 0 Å². The highest BCUT2D eigenvalue weighted by Crippen LogP contribution is 2.37. The molecule has 24 heavy (non-hydrogen) atoms. The molecule has 0 aliphatic heterocycles. The van der Waals surface area contributed by atoms with Crippen LogP contribution in [0.2, 0.25) is 0 Å². The number of fused-ring (bicyclic) bond motifs is 3. The summed E-state index contributed by atoms with van der Waals surface area (Å²) in [5.41, 5.74) is 2.83. The molecular weight excluding hydrogens is 288 g/mol. The number of benzene rings is 3. The van der Waals surface area contributed by atoms with E-state index in [1.165, 1.54) is 32.3 Å². The average Bonchev–Trinajstić information content (AvgIpc) is 2.67. The SMILES string of the molecule is C1=CC2=c3ccccc3=CC(c3ccc4ccccc4c3)C2C=C1. The predicted octanol–water partition coefficient (Wildman–Crippen LogP) is 4.31. The molecule has 2 unspecified atom stereocenters.